The van der Waals surface area contributed by atoms with E-state index >= 15 is 0 Å². The summed E-state index contributed by atoms with van der Waals surface area (Å²) in [5, 5.41) is 30.9. The van der Waals surface area contributed by atoms with Crippen molar-refractivity contribution in [1.82, 2.24) is 55.4 Å². The maximum atomic E-state index is 14.6. The largest absolute Gasteiger partial charge is 0.508 e. The molecule has 1 aliphatic heterocycles. The van der Waals surface area contributed by atoms with Gasteiger partial charge in [-0.3, -0.25) is 24.0 Å². The summed E-state index contributed by atoms with van der Waals surface area (Å²) in [5.41, 5.74) is 10.7. The van der Waals surface area contributed by atoms with Crippen molar-refractivity contribution in [2.45, 2.75) is 71.6 Å². The molecule has 2 atom stereocenters. The van der Waals surface area contributed by atoms with Crippen LogP contribution in [0.15, 0.2) is 110 Å². The fraction of sp³-hybridized carbons (Fsp3) is 0.250. The number of hydrogen-bond donors (Lipinski definition) is 6. The third-order valence-corrected chi connectivity index (χ3v) is 15.3. The van der Waals surface area contributed by atoms with E-state index in [-0.39, 0.29) is 76.2 Å². The molecule has 0 saturated carbocycles. The van der Waals surface area contributed by atoms with E-state index in [1.807, 2.05) is 67.4 Å². The number of aliphatic hydroxyl groups is 1. The Bertz CT molecular complexity index is 4030. The van der Waals surface area contributed by atoms with Gasteiger partial charge in [-0.15, -0.1) is 0 Å². The molecule has 6 heterocycles. The Balaban J connectivity index is 0.000000172. The van der Waals surface area contributed by atoms with Gasteiger partial charge in [-0.05, 0) is 127 Å². The van der Waals surface area contributed by atoms with Gasteiger partial charge in [-0.25, -0.2) is 27.8 Å². The molecule has 1 saturated heterocycles. The number of aromatic amines is 1. The van der Waals surface area contributed by atoms with Gasteiger partial charge >= 0.3 is 0 Å². The molecule has 5 aromatic heterocycles. The summed E-state index contributed by atoms with van der Waals surface area (Å²) >= 11 is 0. The summed E-state index contributed by atoms with van der Waals surface area (Å²) in [6, 6.07) is 23.8. The maximum Gasteiger partial charge on any atom is 0.270 e. The standard InChI is InChI=1S/C31H30F2N6O4.C29H26N6O3/c1-17-20(18(2)40)4-5-22-21(17)6-8-25(22)37-31(42)28-14-26(36-29-24(33)16-35-39(28)29)30(41)34-15-19-3-7-23(32)27(13-19)38-9-11-43-12-10-38;1-16-20(17(2)36)4-5-22-21(16)6-8-24(22)34-29(38)26-14-25(33-27-10-12-32-35(26)27)28(37)31-15-18-3-7-23-19(13-18)9-11-30-23/h3-5,7,13-14,16,25,40H,2,6,8-12,15H2,1H3,(H,34,41)(H,37,42);3-5,7,9-14,24,30H,6,8,15H2,1-2H3,(H,31,37)(H,34,38)/t25-;24-/m00/s1. The van der Waals surface area contributed by atoms with Crippen molar-refractivity contribution < 1.29 is 42.6 Å². The van der Waals surface area contributed by atoms with E-state index in [0.717, 1.165) is 73.4 Å². The zero-order chi connectivity index (χ0) is 56.6. The first kappa shape index (κ1) is 53.4. The topological polar surface area (TPSA) is 242 Å². The van der Waals surface area contributed by atoms with Crippen LogP contribution in [0.3, 0.4) is 0 Å². The molecule has 1 fully saturated rings. The van der Waals surface area contributed by atoms with Crippen molar-refractivity contribution in [3.63, 3.8) is 0 Å². The lowest BCUT2D eigenvalue weighted by atomic mass is 9.96. The molecule has 12 rings (SSSR count). The van der Waals surface area contributed by atoms with Gasteiger partial charge in [0.2, 0.25) is 0 Å². The number of rotatable bonds is 13. The lowest BCUT2D eigenvalue weighted by Crippen LogP contribution is -2.36. The smallest absolute Gasteiger partial charge is 0.270 e. The Labute approximate surface area is 462 Å². The molecule has 3 aliphatic rings. The van der Waals surface area contributed by atoms with Gasteiger partial charge in [0.1, 0.15) is 34.4 Å². The number of amides is 4. The van der Waals surface area contributed by atoms with Crippen LogP contribution in [0.25, 0.3) is 28.0 Å². The van der Waals surface area contributed by atoms with Crippen LogP contribution in [0.1, 0.15) is 134 Å². The predicted molar refractivity (Wildman–Crippen MR) is 297 cm³/mol. The zero-order valence-corrected chi connectivity index (χ0v) is 44.5. The SMILES string of the molecule is C=C(O)c1ccc2c(c1C)CC[C@@H]2NC(=O)c1cc(C(=O)NCc2ccc(F)c(N3CCOCC3)c2)nc2c(F)cnn12.CC(=O)c1ccc2c(c1C)CC[C@@H]2NC(=O)c1cc(C(=O)NCc2ccc3[nH]ccc3c2)nc2ccnn12. The fourth-order valence-electron chi connectivity index (χ4n) is 11.1. The molecular formula is C60H56F2N12O7. The number of ether oxygens (including phenoxy) is 1. The van der Waals surface area contributed by atoms with Crippen LogP contribution in [0, 0.1) is 25.5 Å². The quantitative estimate of drug-likeness (QED) is 0.0474. The van der Waals surface area contributed by atoms with E-state index in [4.69, 9.17) is 4.74 Å². The highest BCUT2D eigenvalue weighted by Crippen LogP contribution is 2.37. The number of morpholine rings is 1. The molecule has 9 aromatic rings. The molecule has 2 aliphatic carbocycles. The van der Waals surface area contributed by atoms with E-state index in [1.54, 1.807) is 37.4 Å². The normalized spacial score (nSPS) is 15.4. The average molecular weight is 1100 g/mol. The lowest BCUT2D eigenvalue weighted by molar-refractivity contribution is 0.0916. The third-order valence-electron chi connectivity index (χ3n) is 15.3. The summed E-state index contributed by atoms with van der Waals surface area (Å²) in [4.78, 5) is 78.7. The van der Waals surface area contributed by atoms with Gasteiger partial charge in [0, 0.05) is 67.2 Å². The summed E-state index contributed by atoms with van der Waals surface area (Å²) < 4.78 is 37.0. The first-order chi connectivity index (χ1) is 39.1. The highest BCUT2D eigenvalue weighted by Gasteiger charge is 2.31. The van der Waals surface area contributed by atoms with Crippen molar-refractivity contribution in [1.29, 1.82) is 0 Å². The Hall–Kier alpha value is -9.63. The summed E-state index contributed by atoms with van der Waals surface area (Å²) in [5.74, 6) is -3.04. The molecule has 19 nitrogen and oxygen atoms in total. The van der Waals surface area contributed by atoms with Gasteiger partial charge in [-0.1, -0.05) is 43.0 Å². The fourth-order valence-corrected chi connectivity index (χ4v) is 11.1. The van der Waals surface area contributed by atoms with Gasteiger partial charge in [0.25, 0.3) is 23.6 Å². The van der Waals surface area contributed by atoms with Crippen LogP contribution in [-0.2, 0) is 30.7 Å². The van der Waals surface area contributed by atoms with Crippen LogP contribution in [0.5, 0.6) is 0 Å². The molecule has 4 aromatic carbocycles. The van der Waals surface area contributed by atoms with Crippen molar-refractivity contribution in [2.24, 2.45) is 0 Å². The van der Waals surface area contributed by atoms with Crippen molar-refractivity contribution in [3.8, 4) is 0 Å². The number of aromatic nitrogens is 7. The maximum absolute atomic E-state index is 14.6. The molecule has 0 unspecified atom stereocenters. The Morgan fingerprint density at radius 3 is 1.96 bits per heavy atom. The number of anilines is 1. The second kappa shape index (κ2) is 22.2. The third kappa shape index (κ3) is 10.7. The highest BCUT2D eigenvalue weighted by molar-refractivity contribution is 6.00. The molecule has 4 amide bonds. The number of nitrogens with zero attached hydrogens (tertiary/aromatic N) is 7. The first-order valence-electron chi connectivity index (χ1n) is 26.5. The summed E-state index contributed by atoms with van der Waals surface area (Å²) in [7, 11) is 0. The van der Waals surface area contributed by atoms with Crippen LogP contribution >= 0.6 is 0 Å². The van der Waals surface area contributed by atoms with E-state index in [9.17, 15) is 37.9 Å². The minimum atomic E-state index is -0.781. The minimum Gasteiger partial charge on any atom is -0.508 e. The van der Waals surface area contributed by atoms with Gasteiger partial charge < -0.3 is 41.0 Å². The molecule has 81 heavy (non-hydrogen) atoms. The van der Waals surface area contributed by atoms with Gasteiger partial charge in [0.05, 0.1) is 43.4 Å². The number of aliphatic hydroxyl groups excluding tert-OH is 1. The molecule has 412 valence electrons. The van der Waals surface area contributed by atoms with E-state index < -0.39 is 17.6 Å². The van der Waals surface area contributed by atoms with Crippen molar-refractivity contribution >= 4 is 63.1 Å². The van der Waals surface area contributed by atoms with Gasteiger partial charge in [0.15, 0.2) is 22.9 Å². The molecule has 0 bridgehead atoms. The van der Waals surface area contributed by atoms with Gasteiger partial charge in [-0.2, -0.15) is 10.2 Å². The van der Waals surface area contributed by atoms with E-state index in [0.29, 0.717) is 73.7 Å². The number of Topliss-reactive ketones (excluding diaryl/α,β-unsaturated/α-hetero) is 1. The second-order valence-corrected chi connectivity index (χ2v) is 20.3. The number of H-pyrrole nitrogens is 1. The van der Waals surface area contributed by atoms with E-state index in [1.165, 1.54) is 22.7 Å². The zero-order valence-electron chi connectivity index (χ0n) is 44.5. The molecule has 0 spiro atoms. The highest BCUT2D eigenvalue weighted by atomic mass is 19.1. The number of ketones is 1. The first-order valence-corrected chi connectivity index (χ1v) is 26.5. The minimum absolute atomic E-state index is 0.0181. The van der Waals surface area contributed by atoms with E-state index in [2.05, 4.69) is 53.0 Å². The lowest BCUT2D eigenvalue weighted by Gasteiger charge is -2.29. The number of fused-ring (bicyclic) bond motifs is 5. The Kier molecular flexibility index (Phi) is 14.7. The van der Waals surface area contributed by atoms with Crippen molar-refractivity contribution in [3.05, 3.63) is 200 Å². The van der Waals surface area contributed by atoms with Crippen LogP contribution < -0.4 is 26.2 Å². The molecule has 0 radical (unpaired) electrons. The molecule has 6 N–H and O–H groups in total. The number of halogens is 2. The Morgan fingerprint density at radius 2 is 1.31 bits per heavy atom. The van der Waals surface area contributed by atoms with Crippen LogP contribution in [0.2, 0.25) is 0 Å². The predicted octanol–water partition coefficient (Wildman–Crippen LogP) is 8.10. The number of nitrogens with one attached hydrogen (secondary N) is 5. The molecular weight excluding hydrogens is 1040 g/mol. The van der Waals surface area contributed by atoms with Crippen molar-refractivity contribution in [2.75, 3.05) is 31.2 Å². The average Bonchev–Trinajstić information content (AvgIpc) is 4.54. The monoisotopic (exact) mass is 1090 g/mol. The van der Waals surface area contributed by atoms with Crippen LogP contribution in [-0.4, -0.2) is 95.0 Å². The molecule has 21 heteroatoms. The summed E-state index contributed by atoms with van der Waals surface area (Å²) in [6.45, 7) is 11.6. The number of hydrogen-bond acceptors (Lipinski definition) is 12. The summed E-state index contributed by atoms with van der Waals surface area (Å²) in [6.07, 6.45) is 7.19. The number of carbonyl (C=O) groups excluding carboxylic acids is 5. The number of benzene rings is 4. The second-order valence-electron chi connectivity index (χ2n) is 20.3. The number of carbonyl (C=O) groups is 5. The Morgan fingerprint density at radius 1 is 0.704 bits per heavy atom. The van der Waals surface area contributed by atoms with Crippen LogP contribution in [0.4, 0.5) is 14.5 Å².